The molecule has 5 fully saturated rings. The number of rotatable bonds is 10. The Morgan fingerprint density at radius 3 is 2.39 bits per heavy atom. The van der Waals surface area contributed by atoms with Crippen molar-refractivity contribution in [2.75, 3.05) is 44.3 Å². The predicted octanol–water partition coefficient (Wildman–Crippen LogP) is 9.51. The molecule has 328 valence electrons. The number of carboxylic acids is 1. The van der Waals surface area contributed by atoms with Crippen LogP contribution in [0, 0.1) is 50.7 Å². The average Bonchev–Trinajstić information content (AvgIpc) is 3.60. The summed E-state index contributed by atoms with van der Waals surface area (Å²) < 4.78 is 70.1. The number of allylic oxidation sites excluding steroid dienone is 4. The number of pyridine rings is 1. The third-order valence-electron chi connectivity index (χ3n) is 18.6. The van der Waals surface area contributed by atoms with Crippen molar-refractivity contribution < 1.29 is 36.2 Å². The normalized spacial score (nSPS) is 40.4. The molecule has 0 radical (unpaired) electrons. The first kappa shape index (κ1) is 43.2. The predicted molar refractivity (Wildman–Crippen MR) is 223 cm³/mol. The van der Waals surface area contributed by atoms with E-state index in [4.69, 9.17) is 4.74 Å². The van der Waals surface area contributed by atoms with E-state index in [9.17, 15) is 31.5 Å². The monoisotopic (exact) mass is 843 g/mol. The van der Waals surface area contributed by atoms with Gasteiger partial charge in [0, 0.05) is 37.9 Å². The Morgan fingerprint density at radius 1 is 0.932 bits per heavy atom. The van der Waals surface area contributed by atoms with Crippen molar-refractivity contribution in [3.05, 3.63) is 47.2 Å². The number of aromatic nitrogens is 1. The van der Waals surface area contributed by atoms with Crippen LogP contribution in [-0.2, 0) is 20.8 Å². The van der Waals surface area contributed by atoms with Crippen LogP contribution in [0.4, 0.5) is 13.2 Å². The van der Waals surface area contributed by atoms with E-state index < -0.39 is 38.8 Å². The SMILES string of the molecule is CC1(C)C(C2=CCC(CCOc3ncccc3C(F)(F)F)(C(=O)O)CC2)=CC[C@@]2(C)C1CC[C@]1(C)C2CC[C@@H]2[C@H]3CCC[C@]3(NCCN3CCS(=O)(=O)CC3)CC[C@]21C. The summed E-state index contributed by atoms with van der Waals surface area (Å²) in [5, 5.41) is 14.6. The summed E-state index contributed by atoms with van der Waals surface area (Å²) in [5.74, 6) is 1.66. The number of carbonyl (C=O) groups is 1. The quantitative estimate of drug-likeness (QED) is 0.240. The zero-order valence-electron chi connectivity index (χ0n) is 36.1. The highest BCUT2D eigenvalue weighted by Crippen LogP contribution is 2.76. The summed E-state index contributed by atoms with van der Waals surface area (Å²) in [4.78, 5) is 18.9. The lowest BCUT2D eigenvalue weighted by molar-refractivity contribution is -0.218. The number of hydrogen-bond acceptors (Lipinski definition) is 7. The Hall–Kier alpha value is -2.44. The van der Waals surface area contributed by atoms with E-state index in [2.05, 4.69) is 62.0 Å². The van der Waals surface area contributed by atoms with Crippen LogP contribution in [0.1, 0.15) is 130 Å². The molecule has 0 aromatic carbocycles. The molecule has 2 N–H and O–H groups in total. The van der Waals surface area contributed by atoms with Crippen molar-refractivity contribution >= 4 is 15.8 Å². The average molecular weight is 844 g/mol. The van der Waals surface area contributed by atoms with Gasteiger partial charge in [0.2, 0.25) is 5.88 Å². The first-order valence-electron chi connectivity index (χ1n) is 22.7. The summed E-state index contributed by atoms with van der Waals surface area (Å²) >= 11 is 0. The number of aliphatic carboxylic acids is 1. The van der Waals surface area contributed by atoms with E-state index in [1.54, 1.807) is 0 Å². The van der Waals surface area contributed by atoms with E-state index in [1.165, 1.54) is 81.2 Å². The molecule has 0 bridgehead atoms. The topological polar surface area (TPSA) is 109 Å². The Kier molecular flexibility index (Phi) is 11.1. The minimum Gasteiger partial charge on any atom is -0.481 e. The highest BCUT2D eigenvalue weighted by Gasteiger charge is 2.69. The summed E-state index contributed by atoms with van der Waals surface area (Å²) in [7, 11) is -2.87. The van der Waals surface area contributed by atoms with Crippen LogP contribution >= 0.6 is 0 Å². The molecule has 9 atom stereocenters. The Labute approximate surface area is 350 Å². The van der Waals surface area contributed by atoms with Crippen molar-refractivity contribution in [1.29, 1.82) is 0 Å². The van der Waals surface area contributed by atoms with Gasteiger partial charge in [0.1, 0.15) is 5.56 Å². The molecular formula is C47H68F3N3O5S. The molecule has 1 aliphatic heterocycles. The van der Waals surface area contributed by atoms with Crippen LogP contribution < -0.4 is 10.1 Å². The van der Waals surface area contributed by atoms with Crippen LogP contribution in [0.5, 0.6) is 5.88 Å². The molecule has 1 aromatic heterocycles. The Morgan fingerprint density at radius 2 is 1.69 bits per heavy atom. The van der Waals surface area contributed by atoms with E-state index in [1.807, 2.05) is 0 Å². The molecule has 59 heavy (non-hydrogen) atoms. The molecule has 7 aliphatic rings. The van der Waals surface area contributed by atoms with Gasteiger partial charge in [-0.3, -0.25) is 4.79 Å². The van der Waals surface area contributed by atoms with Crippen molar-refractivity contribution in [2.45, 2.75) is 136 Å². The Balaban J connectivity index is 0.954. The summed E-state index contributed by atoms with van der Waals surface area (Å²) in [6, 6.07) is 2.15. The number of nitrogens with one attached hydrogen (secondary N) is 1. The number of carboxylic acid groups (broad SMARTS) is 1. The van der Waals surface area contributed by atoms with Crippen LogP contribution in [0.2, 0.25) is 0 Å². The lowest BCUT2D eigenvalue weighted by atomic mass is 9.33. The van der Waals surface area contributed by atoms with Gasteiger partial charge in [-0.1, -0.05) is 53.2 Å². The largest absolute Gasteiger partial charge is 0.481 e. The van der Waals surface area contributed by atoms with Crippen molar-refractivity contribution in [3.63, 3.8) is 0 Å². The molecule has 2 heterocycles. The second-order valence-electron chi connectivity index (χ2n) is 21.3. The fraction of sp³-hybridized carbons (Fsp3) is 0.787. The number of sulfone groups is 1. The van der Waals surface area contributed by atoms with Crippen LogP contribution in [0.25, 0.3) is 0 Å². The first-order chi connectivity index (χ1) is 27.7. The zero-order chi connectivity index (χ0) is 42.3. The number of hydrogen-bond donors (Lipinski definition) is 2. The maximum Gasteiger partial charge on any atom is 0.421 e. The van der Waals surface area contributed by atoms with Gasteiger partial charge < -0.3 is 20.1 Å². The molecule has 6 aliphatic carbocycles. The first-order valence-corrected chi connectivity index (χ1v) is 24.5. The smallest absolute Gasteiger partial charge is 0.421 e. The molecule has 1 aromatic rings. The number of fused-ring (bicyclic) bond motifs is 7. The molecule has 0 amide bonds. The molecular weight excluding hydrogens is 776 g/mol. The number of alkyl halides is 3. The number of ether oxygens (including phenoxy) is 1. The third-order valence-corrected chi connectivity index (χ3v) is 20.2. The molecule has 12 heteroatoms. The van der Waals surface area contributed by atoms with E-state index in [0.717, 1.165) is 25.6 Å². The highest BCUT2D eigenvalue weighted by molar-refractivity contribution is 7.91. The lowest BCUT2D eigenvalue weighted by Gasteiger charge is -2.72. The second kappa shape index (κ2) is 15.1. The van der Waals surface area contributed by atoms with Crippen LogP contribution in [0.15, 0.2) is 41.6 Å². The standard InChI is InChI=1S/C47H68F3N3O5S/c1-41(2)33(32-12-19-45(20-13-32,40(54)55)23-29-58-39-36(47(48,49)50)9-7-24-51-39)14-17-42(3)37(41)15-18-44(5)38(42)11-10-34-35-8-6-16-46(35,22-21-43(34,44)4)52-25-26-53-27-30-59(56,57)31-28-53/h7,9,12,14,24,34-35,37-38,52H,6,8,10-11,13,15-23,25-31H2,1-5H3,(H,54,55)/t34-,35-,37?,38?,42+,43-,44-,45?,46+/m1/s1. The number of halogens is 3. The van der Waals surface area contributed by atoms with Crippen LogP contribution in [0.3, 0.4) is 0 Å². The maximum absolute atomic E-state index is 13.5. The lowest BCUT2D eigenvalue weighted by Crippen LogP contribution is -2.67. The van der Waals surface area contributed by atoms with E-state index >= 15 is 0 Å². The summed E-state index contributed by atoms with van der Waals surface area (Å²) in [5.41, 5.74) is 1.37. The molecule has 1 saturated heterocycles. The van der Waals surface area contributed by atoms with Gasteiger partial charge in [-0.15, -0.1) is 0 Å². The maximum atomic E-state index is 13.5. The second-order valence-corrected chi connectivity index (χ2v) is 23.6. The summed E-state index contributed by atoms with van der Waals surface area (Å²) in [6.45, 7) is 15.8. The van der Waals surface area contributed by atoms with E-state index in [-0.39, 0.29) is 51.7 Å². The summed E-state index contributed by atoms with van der Waals surface area (Å²) in [6.07, 6.45) is 15.1. The van der Waals surface area contributed by atoms with Gasteiger partial charge in [-0.05, 0) is 152 Å². The molecule has 8 nitrogen and oxygen atoms in total. The third kappa shape index (κ3) is 7.22. The van der Waals surface area contributed by atoms with Gasteiger partial charge >= 0.3 is 12.1 Å². The molecule has 3 unspecified atom stereocenters. The molecule has 0 spiro atoms. The minimum absolute atomic E-state index is 0.0765. The van der Waals surface area contributed by atoms with Gasteiger partial charge in [-0.2, -0.15) is 13.2 Å². The fourth-order valence-corrected chi connectivity index (χ4v) is 16.5. The zero-order valence-corrected chi connectivity index (χ0v) is 36.9. The van der Waals surface area contributed by atoms with Crippen molar-refractivity contribution in [2.24, 2.45) is 50.7 Å². The number of nitrogens with zero attached hydrogens (tertiary/aromatic N) is 2. The van der Waals surface area contributed by atoms with Gasteiger partial charge in [-0.25, -0.2) is 13.4 Å². The van der Waals surface area contributed by atoms with Gasteiger partial charge in [0.25, 0.3) is 0 Å². The van der Waals surface area contributed by atoms with E-state index in [0.29, 0.717) is 56.0 Å². The van der Waals surface area contributed by atoms with Crippen molar-refractivity contribution in [1.82, 2.24) is 15.2 Å². The Bertz CT molecular complexity index is 1950. The fourth-order valence-electron chi connectivity index (χ4n) is 15.2. The highest BCUT2D eigenvalue weighted by atomic mass is 32.2. The molecule has 4 saturated carbocycles. The van der Waals surface area contributed by atoms with Gasteiger partial charge in [0.15, 0.2) is 9.84 Å². The van der Waals surface area contributed by atoms with Crippen molar-refractivity contribution in [3.8, 4) is 5.88 Å². The van der Waals surface area contributed by atoms with Gasteiger partial charge in [0.05, 0.1) is 23.5 Å². The van der Waals surface area contributed by atoms with Crippen LogP contribution in [-0.4, -0.2) is 79.2 Å². The minimum atomic E-state index is -4.61. The molecule has 8 rings (SSSR count).